The molecule has 6 rings (SSSR count). The van der Waals surface area contributed by atoms with Crippen LogP contribution in [0.3, 0.4) is 0 Å². The Morgan fingerprint density at radius 1 is 0.487 bits per heavy atom. The molecule has 0 aliphatic heterocycles. The third-order valence-corrected chi connectivity index (χ3v) is 6.36. The maximum Gasteiger partial charge on any atom is 0.165 e. The molecule has 0 aliphatic carbocycles. The number of fused-ring (bicyclic) bond motifs is 2. The Hall–Kier alpha value is -5.15. The number of benzene rings is 6. The SMILES string of the molecule is C(=NC(N=Cc1ccccc1)c1ccccc1)c1ccccc1.O=Cc1c2ccccc2cc2ccccc12. The molecule has 0 N–H and O–H groups in total. The fourth-order valence-corrected chi connectivity index (χ4v) is 4.40. The van der Waals surface area contributed by atoms with E-state index in [0.717, 1.165) is 50.1 Å². The predicted molar refractivity (Wildman–Crippen MR) is 164 cm³/mol. The van der Waals surface area contributed by atoms with Crippen molar-refractivity contribution in [3.8, 4) is 0 Å². The lowest BCUT2D eigenvalue weighted by atomic mass is 9.98. The van der Waals surface area contributed by atoms with Crippen LogP contribution in [-0.4, -0.2) is 18.7 Å². The Kier molecular flexibility index (Phi) is 8.43. The zero-order chi connectivity index (χ0) is 26.7. The Bertz CT molecular complexity index is 1610. The third kappa shape index (κ3) is 6.60. The van der Waals surface area contributed by atoms with Crippen molar-refractivity contribution in [3.05, 3.63) is 168 Å². The number of nitrogens with zero attached hydrogens (tertiary/aromatic N) is 2. The summed E-state index contributed by atoms with van der Waals surface area (Å²) in [5, 5.41) is 4.28. The molecule has 0 heterocycles. The average molecular weight is 505 g/mol. The smallest absolute Gasteiger partial charge is 0.165 e. The lowest BCUT2D eigenvalue weighted by Gasteiger charge is -2.07. The van der Waals surface area contributed by atoms with Crippen molar-refractivity contribution in [2.75, 3.05) is 0 Å². The molecule has 3 nitrogen and oxygen atoms in total. The first-order valence-corrected chi connectivity index (χ1v) is 12.9. The second-order valence-electron chi connectivity index (χ2n) is 9.01. The van der Waals surface area contributed by atoms with Crippen LogP contribution in [0.15, 0.2) is 156 Å². The molecule has 0 saturated heterocycles. The summed E-state index contributed by atoms with van der Waals surface area (Å²) in [6.07, 6.45) is 4.46. The van der Waals surface area contributed by atoms with Gasteiger partial charge in [-0.1, -0.05) is 140 Å². The van der Waals surface area contributed by atoms with Gasteiger partial charge in [0.25, 0.3) is 0 Å². The topological polar surface area (TPSA) is 41.8 Å². The number of rotatable bonds is 6. The molecule has 0 unspecified atom stereocenters. The van der Waals surface area contributed by atoms with E-state index in [-0.39, 0.29) is 6.17 Å². The zero-order valence-corrected chi connectivity index (χ0v) is 21.5. The van der Waals surface area contributed by atoms with Crippen molar-refractivity contribution in [1.82, 2.24) is 0 Å². The van der Waals surface area contributed by atoms with Crippen molar-refractivity contribution in [3.63, 3.8) is 0 Å². The molecule has 0 radical (unpaired) electrons. The standard InChI is InChI=1S/C21H18N2.C15H10O/c1-4-10-18(11-5-1)16-22-21(20-14-8-3-9-15-20)23-17-19-12-6-2-7-13-19;16-10-15-13-7-3-1-5-11(13)9-12-6-2-4-8-14(12)15/h1-17,21H;1-10H. The van der Waals surface area contributed by atoms with E-state index in [4.69, 9.17) is 0 Å². The van der Waals surface area contributed by atoms with Gasteiger partial charge in [0, 0.05) is 18.0 Å². The van der Waals surface area contributed by atoms with Gasteiger partial charge in [-0.25, -0.2) is 0 Å². The number of hydrogen-bond donors (Lipinski definition) is 0. The van der Waals surface area contributed by atoms with Crippen molar-refractivity contribution >= 4 is 40.3 Å². The Morgan fingerprint density at radius 3 is 1.36 bits per heavy atom. The monoisotopic (exact) mass is 504 g/mol. The molecule has 0 bridgehead atoms. The molecular formula is C36H28N2O. The molecule has 39 heavy (non-hydrogen) atoms. The first kappa shape index (κ1) is 25.5. The number of hydrogen-bond acceptors (Lipinski definition) is 3. The average Bonchev–Trinajstić information content (AvgIpc) is 3.01. The zero-order valence-electron chi connectivity index (χ0n) is 21.5. The highest BCUT2D eigenvalue weighted by atomic mass is 16.1. The molecule has 0 atom stereocenters. The number of aldehydes is 1. The molecule has 0 spiro atoms. The van der Waals surface area contributed by atoms with Crippen molar-refractivity contribution in [1.29, 1.82) is 0 Å². The quantitative estimate of drug-likeness (QED) is 0.127. The molecule has 6 aromatic carbocycles. The van der Waals surface area contributed by atoms with Gasteiger partial charge < -0.3 is 0 Å². The molecule has 188 valence electrons. The number of aliphatic imine (C=N–C) groups is 2. The molecule has 3 heteroatoms. The normalized spacial score (nSPS) is 11.9. The highest BCUT2D eigenvalue weighted by Gasteiger charge is 2.06. The van der Waals surface area contributed by atoms with Gasteiger partial charge in [0.2, 0.25) is 0 Å². The minimum atomic E-state index is -0.239. The fraction of sp³-hybridized carbons (Fsp3) is 0.0278. The summed E-state index contributed by atoms with van der Waals surface area (Å²) >= 11 is 0. The van der Waals surface area contributed by atoms with Crippen LogP contribution < -0.4 is 0 Å². The summed E-state index contributed by atoms with van der Waals surface area (Å²) in [5.74, 6) is 0. The van der Waals surface area contributed by atoms with Gasteiger partial charge in [-0.2, -0.15) is 0 Å². The molecule has 6 aromatic rings. The lowest BCUT2D eigenvalue weighted by Crippen LogP contribution is -1.94. The van der Waals surface area contributed by atoms with Crippen molar-refractivity contribution in [2.24, 2.45) is 9.98 Å². The first-order valence-electron chi connectivity index (χ1n) is 12.9. The van der Waals surface area contributed by atoms with E-state index < -0.39 is 0 Å². The van der Waals surface area contributed by atoms with E-state index in [1.165, 1.54) is 0 Å². The lowest BCUT2D eigenvalue weighted by molar-refractivity contribution is 0.112. The van der Waals surface area contributed by atoms with Crippen LogP contribution in [0.25, 0.3) is 21.5 Å². The van der Waals surface area contributed by atoms with E-state index in [2.05, 4.69) is 28.2 Å². The Morgan fingerprint density at radius 2 is 0.897 bits per heavy atom. The second-order valence-corrected chi connectivity index (χ2v) is 9.01. The van der Waals surface area contributed by atoms with Crippen molar-refractivity contribution in [2.45, 2.75) is 6.17 Å². The van der Waals surface area contributed by atoms with Crippen LogP contribution in [0.5, 0.6) is 0 Å². The summed E-state index contributed by atoms with van der Waals surface area (Å²) in [5.41, 5.74) is 4.01. The van der Waals surface area contributed by atoms with Crippen LogP contribution >= 0.6 is 0 Å². The Balaban J connectivity index is 0.000000168. The van der Waals surface area contributed by atoms with Crippen LogP contribution in [0.1, 0.15) is 33.2 Å². The first-order chi connectivity index (χ1) is 19.3. The molecule has 0 aromatic heterocycles. The summed E-state index contributed by atoms with van der Waals surface area (Å²) in [7, 11) is 0. The van der Waals surface area contributed by atoms with Crippen LogP contribution in [0.4, 0.5) is 0 Å². The van der Waals surface area contributed by atoms with Crippen LogP contribution in [0, 0.1) is 0 Å². The van der Waals surface area contributed by atoms with E-state index >= 15 is 0 Å². The van der Waals surface area contributed by atoms with Crippen LogP contribution in [0.2, 0.25) is 0 Å². The van der Waals surface area contributed by atoms with E-state index in [1.54, 1.807) is 0 Å². The van der Waals surface area contributed by atoms with E-state index in [1.807, 2.05) is 140 Å². The maximum atomic E-state index is 11.2. The summed E-state index contributed by atoms with van der Waals surface area (Å²) in [6, 6.07) is 48.4. The molecule has 0 fully saturated rings. The Labute approximate surface area is 228 Å². The third-order valence-electron chi connectivity index (χ3n) is 6.36. The number of carbonyl (C=O) groups is 1. The largest absolute Gasteiger partial charge is 0.298 e. The molecule has 0 aliphatic rings. The minimum absolute atomic E-state index is 0.239. The molecule has 0 saturated carbocycles. The van der Waals surface area contributed by atoms with Gasteiger partial charge in [-0.05, 0) is 44.3 Å². The van der Waals surface area contributed by atoms with Gasteiger partial charge in [0.1, 0.15) is 0 Å². The summed E-state index contributed by atoms with van der Waals surface area (Å²) in [4.78, 5) is 20.5. The van der Waals surface area contributed by atoms with Gasteiger partial charge in [-0.3, -0.25) is 14.8 Å². The van der Waals surface area contributed by atoms with E-state index in [0.29, 0.717) is 0 Å². The maximum absolute atomic E-state index is 11.2. The van der Waals surface area contributed by atoms with Gasteiger partial charge in [0.15, 0.2) is 12.5 Å². The summed E-state index contributed by atoms with van der Waals surface area (Å²) in [6.45, 7) is 0. The number of carbonyl (C=O) groups excluding carboxylic acids is 1. The molecular weight excluding hydrogens is 476 g/mol. The highest BCUT2D eigenvalue weighted by molar-refractivity contribution is 6.12. The fourth-order valence-electron chi connectivity index (χ4n) is 4.40. The predicted octanol–water partition coefficient (Wildman–Crippen LogP) is 8.73. The minimum Gasteiger partial charge on any atom is -0.298 e. The van der Waals surface area contributed by atoms with Gasteiger partial charge in [0.05, 0.1) is 0 Å². The van der Waals surface area contributed by atoms with E-state index in [9.17, 15) is 4.79 Å². The van der Waals surface area contributed by atoms with Crippen molar-refractivity contribution < 1.29 is 4.79 Å². The second kappa shape index (κ2) is 12.9. The summed E-state index contributed by atoms with van der Waals surface area (Å²) < 4.78 is 0. The highest BCUT2D eigenvalue weighted by Crippen LogP contribution is 2.27. The molecule has 0 amide bonds. The van der Waals surface area contributed by atoms with Gasteiger partial charge in [-0.15, -0.1) is 0 Å². The van der Waals surface area contributed by atoms with Crippen LogP contribution in [-0.2, 0) is 0 Å². The van der Waals surface area contributed by atoms with Gasteiger partial charge >= 0.3 is 0 Å².